The lowest BCUT2D eigenvalue weighted by Crippen LogP contribution is -2.63. The zero-order chi connectivity index (χ0) is 49.1. The van der Waals surface area contributed by atoms with E-state index < -0.39 is 0 Å². The Morgan fingerprint density at radius 1 is 0.412 bits per heavy atom. The molecule has 4 aromatic carbocycles. The molecule has 0 fully saturated rings. The summed E-state index contributed by atoms with van der Waals surface area (Å²) in [6, 6.07) is 26.2. The highest BCUT2D eigenvalue weighted by molar-refractivity contribution is 7.20. The lowest BCUT2D eigenvalue weighted by Gasteiger charge is -2.49. The van der Waals surface area contributed by atoms with E-state index in [1.54, 1.807) is 27.0 Å². The fourth-order valence-corrected chi connectivity index (χ4v) is 16.0. The van der Waals surface area contributed by atoms with E-state index in [-0.39, 0.29) is 55.4 Å². The minimum absolute atomic E-state index is 0.0368. The van der Waals surface area contributed by atoms with Crippen LogP contribution >= 0.6 is 11.3 Å². The maximum absolute atomic E-state index is 2.81. The minimum atomic E-state index is -0.0802. The molecule has 11 rings (SSSR count). The van der Waals surface area contributed by atoms with Crippen LogP contribution in [0, 0.1) is 0 Å². The molecule has 6 aliphatic rings. The van der Waals surface area contributed by atoms with Crippen molar-refractivity contribution in [3.8, 4) is 0 Å². The average Bonchev–Trinajstić information content (AvgIpc) is 3.67. The highest BCUT2D eigenvalue weighted by atomic mass is 32.1. The fourth-order valence-electron chi connectivity index (χ4n) is 14.3. The van der Waals surface area contributed by atoms with Crippen LogP contribution in [0.15, 0.2) is 60.7 Å². The van der Waals surface area contributed by atoms with E-state index in [0.717, 1.165) is 0 Å². The summed E-state index contributed by atoms with van der Waals surface area (Å²) in [7, 11) is 0. The van der Waals surface area contributed by atoms with Crippen LogP contribution in [0.2, 0.25) is 0 Å². The zero-order valence-electron chi connectivity index (χ0n) is 45.8. The topological polar surface area (TPSA) is 6.48 Å². The molecule has 358 valence electrons. The molecule has 0 saturated heterocycles. The van der Waals surface area contributed by atoms with Crippen molar-refractivity contribution in [1.29, 1.82) is 0 Å². The van der Waals surface area contributed by atoms with Crippen molar-refractivity contribution >= 4 is 67.9 Å². The van der Waals surface area contributed by atoms with Gasteiger partial charge in [0.2, 0.25) is 0 Å². The van der Waals surface area contributed by atoms with Gasteiger partial charge in [-0.3, -0.25) is 0 Å². The molecule has 4 heteroatoms. The third kappa shape index (κ3) is 6.59. The predicted octanol–water partition coefficient (Wildman–Crippen LogP) is 16.5. The number of thiophene rings is 1. The molecule has 5 aromatic rings. The van der Waals surface area contributed by atoms with Crippen LogP contribution < -0.4 is 26.2 Å². The highest BCUT2D eigenvalue weighted by Crippen LogP contribution is 2.58. The van der Waals surface area contributed by atoms with Gasteiger partial charge < -0.3 is 9.80 Å². The number of nitrogens with zero attached hydrogens (tertiary/aromatic N) is 2. The van der Waals surface area contributed by atoms with Crippen molar-refractivity contribution < 1.29 is 0 Å². The summed E-state index contributed by atoms with van der Waals surface area (Å²) in [6.07, 6.45) is 9.63. The summed E-state index contributed by atoms with van der Waals surface area (Å²) in [5, 5.41) is 1.45. The summed E-state index contributed by atoms with van der Waals surface area (Å²) in [4.78, 5) is 7.20. The van der Waals surface area contributed by atoms with Crippen LogP contribution in [-0.4, -0.2) is 6.71 Å². The number of fused-ring (bicyclic) bond motifs is 9. The van der Waals surface area contributed by atoms with E-state index in [4.69, 9.17) is 0 Å². The van der Waals surface area contributed by atoms with E-state index in [1.807, 2.05) is 0 Å². The van der Waals surface area contributed by atoms with E-state index >= 15 is 0 Å². The van der Waals surface area contributed by atoms with Crippen molar-refractivity contribution in [2.75, 3.05) is 9.80 Å². The van der Waals surface area contributed by atoms with Gasteiger partial charge in [-0.25, -0.2) is 0 Å². The van der Waals surface area contributed by atoms with Gasteiger partial charge >= 0.3 is 0 Å². The van der Waals surface area contributed by atoms with Crippen molar-refractivity contribution in [1.82, 2.24) is 0 Å². The molecule has 0 amide bonds. The Bertz CT molecular complexity index is 2970. The van der Waals surface area contributed by atoms with E-state index in [0.29, 0.717) is 0 Å². The Balaban J connectivity index is 1.31. The molecule has 0 atom stereocenters. The molecule has 3 heterocycles. The van der Waals surface area contributed by atoms with Gasteiger partial charge in [0.15, 0.2) is 0 Å². The summed E-state index contributed by atoms with van der Waals surface area (Å²) in [5.74, 6) is 0. The van der Waals surface area contributed by atoms with E-state index in [9.17, 15) is 0 Å². The van der Waals surface area contributed by atoms with Crippen LogP contribution in [0.3, 0.4) is 0 Å². The molecule has 1 aromatic heterocycles. The Morgan fingerprint density at radius 3 is 1.29 bits per heavy atom. The highest BCUT2D eigenvalue weighted by Gasteiger charge is 2.53. The Hall–Kier alpha value is -3.76. The van der Waals surface area contributed by atoms with Gasteiger partial charge in [-0.2, -0.15) is 0 Å². The Morgan fingerprint density at radius 2 is 0.809 bits per heavy atom. The number of anilines is 6. The molecule has 0 spiro atoms. The lowest BCUT2D eigenvalue weighted by atomic mass is 9.32. The molecule has 4 aliphatic carbocycles. The van der Waals surface area contributed by atoms with Gasteiger partial charge in [0.1, 0.15) is 0 Å². The van der Waals surface area contributed by atoms with Crippen molar-refractivity contribution in [2.24, 2.45) is 0 Å². The van der Waals surface area contributed by atoms with Gasteiger partial charge in [-0.1, -0.05) is 150 Å². The number of hydrogen-bond donors (Lipinski definition) is 0. The summed E-state index contributed by atoms with van der Waals surface area (Å²) in [5.41, 5.74) is 24.2. The second-order valence-corrected chi connectivity index (χ2v) is 30.3. The molecular formula is C64H83BN2S. The molecule has 0 saturated carbocycles. The molecule has 0 bridgehead atoms. The predicted molar refractivity (Wildman–Crippen MR) is 298 cm³/mol. The maximum Gasteiger partial charge on any atom is 0.253 e. The third-order valence-electron chi connectivity index (χ3n) is 19.6. The van der Waals surface area contributed by atoms with Gasteiger partial charge in [0.05, 0.1) is 5.00 Å². The van der Waals surface area contributed by atoms with Crippen molar-refractivity contribution in [2.45, 2.75) is 232 Å². The first-order valence-corrected chi connectivity index (χ1v) is 27.5. The first-order valence-electron chi connectivity index (χ1n) is 26.7. The maximum atomic E-state index is 2.81. The smallest absolute Gasteiger partial charge is 0.253 e. The summed E-state index contributed by atoms with van der Waals surface area (Å²) < 4.78 is 0. The quantitative estimate of drug-likeness (QED) is 0.159. The summed E-state index contributed by atoms with van der Waals surface area (Å²) in [6.45, 7) is 47.6. The van der Waals surface area contributed by atoms with Crippen LogP contribution in [-0.2, 0) is 48.7 Å². The second kappa shape index (κ2) is 14.0. The fraction of sp³-hybridized carbons (Fsp3) is 0.562. The van der Waals surface area contributed by atoms with Crippen LogP contribution in [0.4, 0.5) is 33.4 Å². The van der Waals surface area contributed by atoms with Gasteiger partial charge in [0, 0.05) is 33.3 Å². The van der Waals surface area contributed by atoms with E-state index in [2.05, 4.69) is 213 Å². The number of benzene rings is 4. The number of hydrogen-bond acceptors (Lipinski definition) is 3. The first-order chi connectivity index (χ1) is 31.3. The summed E-state index contributed by atoms with van der Waals surface area (Å²) >= 11 is 2.14. The average molecular weight is 923 g/mol. The second-order valence-electron chi connectivity index (χ2n) is 29.3. The van der Waals surface area contributed by atoms with Crippen LogP contribution in [0.1, 0.15) is 232 Å². The normalized spacial score (nSPS) is 23.3. The Kier molecular flexibility index (Phi) is 9.61. The molecule has 2 nitrogen and oxygen atoms in total. The third-order valence-corrected chi connectivity index (χ3v) is 21.2. The largest absolute Gasteiger partial charge is 0.311 e. The van der Waals surface area contributed by atoms with Crippen molar-refractivity contribution in [3.63, 3.8) is 0 Å². The van der Waals surface area contributed by atoms with E-state index in [1.165, 1.54) is 124 Å². The SMILES string of the molecule is CC(C)(C)c1cc2c3c(c1)N(c1ccc4c(c1)C(C)(C)CCC4(C)C)c1sc4c(c1B3c1cc3c(cc1N2c1ccc2c(c1)C(C)(C)CCC2(C)C)C(C)(C)CCC3(C)C)C(C)(C)CCC4(C)C. The Labute approximate surface area is 417 Å². The van der Waals surface area contributed by atoms with Crippen LogP contribution in [0.25, 0.3) is 0 Å². The minimum Gasteiger partial charge on any atom is -0.311 e. The van der Waals surface area contributed by atoms with Gasteiger partial charge in [0.25, 0.3) is 6.71 Å². The first kappa shape index (κ1) is 46.6. The zero-order valence-corrected chi connectivity index (χ0v) is 46.6. The lowest BCUT2D eigenvalue weighted by molar-refractivity contribution is 0.332. The van der Waals surface area contributed by atoms with Gasteiger partial charge in [-0.15, -0.1) is 11.3 Å². The number of rotatable bonds is 2. The molecule has 2 aliphatic heterocycles. The molecule has 0 radical (unpaired) electrons. The van der Waals surface area contributed by atoms with Crippen LogP contribution in [0.5, 0.6) is 0 Å². The molecular weight excluding hydrogens is 840 g/mol. The monoisotopic (exact) mass is 923 g/mol. The molecule has 68 heavy (non-hydrogen) atoms. The molecule has 0 N–H and O–H groups in total. The molecule has 0 unspecified atom stereocenters. The van der Waals surface area contributed by atoms with Gasteiger partial charge in [-0.05, 0) is 203 Å². The standard InChI is InChI=1S/C64H83BN2S/c1-56(2,3)38-32-49-52-50(33-38)67(40-21-23-42-44(35-40)60(10,11)27-25-58(42,6)7)55-53(51-54(68-55)64(18,19)31-30-63(51,16)17)65(52)47-36-45-46(62(14,15)29-28-61(45,12)13)37-48(47)66(49)39-20-22-41-43(34-39)59(8,9)26-24-57(41,4)5/h20-23,32-37H,24-31H2,1-19H3. The van der Waals surface area contributed by atoms with Crippen molar-refractivity contribution in [3.05, 3.63) is 110 Å².